The zero-order chi connectivity index (χ0) is 27.0. The van der Waals surface area contributed by atoms with Gasteiger partial charge in [0.15, 0.2) is 0 Å². The topological polar surface area (TPSA) is 57.2 Å². The van der Waals surface area contributed by atoms with Crippen molar-refractivity contribution in [3.63, 3.8) is 0 Å². The zero-order valence-corrected chi connectivity index (χ0v) is 24.9. The fraction of sp³-hybridized carbons (Fsp3) is 0.742. The Labute approximate surface area is 224 Å². The number of quaternary nitrogens is 1. The van der Waals surface area contributed by atoms with Crippen molar-refractivity contribution in [2.45, 2.75) is 123 Å². The van der Waals surface area contributed by atoms with Gasteiger partial charge in [-0.15, -0.1) is 0 Å². The molecule has 210 valence electrons. The first-order valence-corrected chi connectivity index (χ1v) is 16.4. The minimum atomic E-state index is -4.13. The summed E-state index contributed by atoms with van der Waals surface area (Å²) in [6.45, 7) is 14.7. The van der Waals surface area contributed by atoms with Crippen LogP contribution in [0.1, 0.15) is 123 Å². The highest BCUT2D eigenvalue weighted by atomic mass is 32.2. The van der Waals surface area contributed by atoms with Crippen LogP contribution in [0, 0.1) is 0 Å². The Morgan fingerprint density at radius 2 is 1.11 bits per heavy atom. The van der Waals surface area contributed by atoms with Gasteiger partial charge in [-0.25, -0.2) is 8.42 Å². The maximum Gasteiger partial charge on any atom is 0.0988 e. The van der Waals surface area contributed by atoms with Crippen LogP contribution < -0.4 is 0 Å². The highest BCUT2D eigenvalue weighted by molar-refractivity contribution is 7.84. The third kappa shape index (κ3) is 21.0. The maximum atomic E-state index is 10.2. The molecule has 0 atom stereocenters. The molecule has 1 aromatic rings. The third-order valence-electron chi connectivity index (χ3n) is 7.34. The molecule has 0 radical (unpaired) electrons. The molecule has 4 nitrogen and oxygen atoms in total. The molecule has 0 saturated heterocycles. The largest absolute Gasteiger partial charge is 0.748 e. The summed E-state index contributed by atoms with van der Waals surface area (Å²) in [4.78, 5) is 0. The van der Waals surface area contributed by atoms with Crippen molar-refractivity contribution in [1.29, 1.82) is 0 Å². The molecular formula is C31H57NO3S. The fourth-order valence-corrected chi connectivity index (χ4v) is 5.22. The summed E-state index contributed by atoms with van der Waals surface area (Å²) in [6.07, 6.45) is 24.5. The van der Waals surface area contributed by atoms with Gasteiger partial charge in [-0.05, 0) is 64.9 Å². The Bertz CT molecular complexity index is 719. The van der Waals surface area contributed by atoms with Gasteiger partial charge in [0.1, 0.15) is 0 Å². The molecule has 0 saturated carbocycles. The standard InChI is InChI=1S/C24H50N.C7H8O3S/c1-5-9-10-11-12-13-14-15-16-17-18-19-20-21-22-23-24-25(6-2,7-3)8-4;8-11(9,10)6-7-4-2-1-3-5-7/h15-16H,5-14,17-24H2,1-4H3;1-5H,6H2,(H,8,9,10)/q+1;/p-1/b16-15-;. The van der Waals surface area contributed by atoms with Crippen molar-refractivity contribution in [3.05, 3.63) is 48.0 Å². The first-order valence-electron chi connectivity index (χ1n) is 14.8. The highest BCUT2D eigenvalue weighted by Crippen LogP contribution is 2.13. The minimum Gasteiger partial charge on any atom is -0.748 e. The Morgan fingerprint density at radius 3 is 1.56 bits per heavy atom. The first kappa shape index (κ1) is 34.8. The summed E-state index contributed by atoms with van der Waals surface area (Å²) in [6, 6.07) is 8.37. The van der Waals surface area contributed by atoms with Crippen molar-refractivity contribution >= 4 is 10.1 Å². The van der Waals surface area contributed by atoms with E-state index in [0.717, 1.165) is 0 Å². The van der Waals surface area contributed by atoms with Crippen LogP contribution in [0.15, 0.2) is 42.5 Å². The minimum absolute atomic E-state index is 0.423. The van der Waals surface area contributed by atoms with Crippen molar-refractivity contribution in [2.75, 3.05) is 26.2 Å². The summed E-state index contributed by atoms with van der Waals surface area (Å²) in [7, 11) is -4.13. The van der Waals surface area contributed by atoms with Crippen molar-refractivity contribution in [2.24, 2.45) is 0 Å². The molecule has 0 aliphatic heterocycles. The van der Waals surface area contributed by atoms with E-state index < -0.39 is 15.9 Å². The second-order valence-corrected chi connectivity index (χ2v) is 11.5. The molecule has 0 N–H and O–H groups in total. The normalized spacial score (nSPS) is 12.0. The average Bonchev–Trinajstić information content (AvgIpc) is 2.86. The number of nitrogens with zero attached hydrogens (tertiary/aromatic N) is 1. The van der Waals surface area contributed by atoms with Gasteiger partial charge in [-0.3, -0.25) is 0 Å². The molecule has 5 heteroatoms. The van der Waals surface area contributed by atoms with Crippen LogP contribution >= 0.6 is 0 Å². The number of hydrogen-bond acceptors (Lipinski definition) is 3. The lowest BCUT2D eigenvalue weighted by molar-refractivity contribution is -0.923. The van der Waals surface area contributed by atoms with Gasteiger partial charge in [0.25, 0.3) is 0 Å². The summed E-state index contributed by atoms with van der Waals surface area (Å²) < 4.78 is 32.1. The van der Waals surface area contributed by atoms with E-state index in [1.165, 1.54) is 121 Å². The van der Waals surface area contributed by atoms with Gasteiger partial charge in [-0.1, -0.05) is 101 Å². The van der Waals surface area contributed by atoms with Crippen LogP contribution in [0.25, 0.3) is 0 Å². The number of hydrogen-bond donors (Lipinski definition) is 0. The van der Waals surface area contributed by atoms with Crippen molar-refractivity contribution in [3.8, 4) is 0 Å². The molecule has 0 unspecified atom stereocenters. The van der Waals surface area contributed by atoms with Crippen molar-refractivity contribution < 1.29 is 17.5 Å². The molecule has 0 heterocycles. The average molecular weight is 524 g/mol. The smallest absolute Gasteiger partial charge is 0.0988 e. The van der Waals surface area contributed by atoms with Crippen LogP contribution in [0.5, 0.6) is 0 Å². The number of benzene rings is 1. The molecule has 0 aliphatic carbocycles. The SMILES string of the molecule is CCCCCCCC/C=C\CCCCCCCC[N+](CC)(CC)CC.O=S(=O)([O-])Cc1ccccc1. The fourth-order valence-electron chi connectivity index (χ4n) is 4.62. The Hall–Kier alpha value is -1.17. The first-order chi connectivity index (χ1) is 17.3. The number of unbranched alkanes of at least 4 members (excludes halogenated alkanes) is 12. The summed E-state index contributed by atoms with van der Waals surface area (Å²) in [5, 5.41) is 0. The second-order valence-electron chi connectivity index (χ2n) is 10.1. The lowest BCUT2D eigenvalue weighted by Crippen LogP contribution is -2.48. The molecule has 0 aliphatic rings. The molecule has 1 aromatic carbocycles. The second kappa shape index (κ2) is 23.0. The third-order valence-corrected chi connectivity index (χ3v) is 8.03. The molecule has 0 amide bonds. The van der Waals surface area contributed by atoms with Crippen LogP contribution in [0.2, 0.25) is 0 Å². The summed E-state index contributed by atoms with van der Waals surface area (Å²) >= 11 is 0. The van der Waals surface area contributed by atoms with E-state index in [9.17, 15) is 13.0 Å². The van der Waals surface area contributed by atoms with Gasteiger partial charge < -0.3 is 9.04 Å². The van der Waals surface area contributed by atoms with Gasteiger partial charge in [-0.2, -0.15) is 0 Å². The number of allylic oxidation sites excluding steroid dienone is 2. The van der Waals surface area contributed by atoms with E-state index in [-0.39, 0.29) is 0 Å². The van der Waals surface area contributed by atoms with E-state index >= 15 is 0 Å². The number of rotatable bonds is 21. The molecule has 0 bridgehead atoms. The Balaban J connectivity index is 0.000000918. The monoisotopic (exact) mass is 523 g/mol. The van der Waals surface area contributed by atoms with Crippen LogP contribution in [0.3, 0.4) is 0 Å². The van der Waals surface area contributed by atoms with E-state index in [1.54, 1.807) is 30.3 Å². The Morgan fingerprint density at radius 1 is 0.667 bits per heavy atom. The van der Waals surface area contributed by atoms with Crippen molar-refractivity contribution in [1.82, 2.24) is 0 Å². The van der Waals surface area contributed by atoms with Crippen LogP contribution in [-0.4, -0.2) is 43.6 Å². The zero-order valence-electron chi connectivity index (χ0n) is 24.1. The van der Waals surface area contributed by atoms with Gasteiger partial charge in [0.05, 0.1) is 42.1 Å². The quantitative estimate of drug-likeness (QED) is 0.0701. The predicted molar refractivity (Wildman–Crippen MR) is 156 cm³/mol. The van der Waals surface area contributed by atoms with E-state index in [1.807, 2.05) is 0 Å². The molecule has 0 aromatic heterocycles. The molecule has 0 spiro atoms. The lowest BCUT2D eigenvalue weighted by Gasteiger charge is -2.35. The van der Waals surface area contributed by atoms with E-state index in [4.69, 9.17) is 0 Å². The van der Waals surface area contributed by atoms with Gasteiger partial charge in [0.2, 0.25) is 0 Å². The van der Waals surface area contributed by atoms with E-state index in [0.29, 0.717) is 5.56 Å². The maximum absolute atomic E-state index is 10.2. The van der Waals surface area contributed by atoms with Crippen LogP contribution in [-0.2, 0) is 15.9 Å². The van der Waals surface area contributed by atoms with Gasteiger partial charge >= 0.3 is 0 Å². The lowest BCUT2D eigenvalue weighted by atomic mass is 10.1. The molecule has 0 fully saturated rings. The molecular weight excluding hydrogens is 466 g/mol. The summed E-state index contributed by atoms with van der Waals surface area (Å²) in [5.74, 6) is -0.423. The molecule has 1 rings (SSSR count). The van der Waals surface area contributed by atoms with Gasteiger partial charge in [0, 0.05) is 0 Å². The predicted octanol–water partition coefficient (Wildman–Crippen LogP) is 8.63. The Kier molecular flexibility index (Phi) is 22.2. The van der Waals surface area contributed by atoms with Crippen LogP contribution in [0.4, 0.5) is 0 Å². The summed E-state index contributed by atoms with van der Waals surface area (Å²) in [5.41, 5.74) is 0.530. The highest BCUT2D eigenvalue weighted by Gasteiger charge is 2.19. The van der Waals surface area contributed by atoms with E-state index in [2.05, 4.69) is 39.8 Å². The molecule has 36 heavy (non-hydrogen) atoms.